The van der Waals surface area contributed by atoms with Crippen LogP contribution in [0.25, 0.3) is 0 Å². The molecule has 228 valence electrons. The predicted molar refractivity (Wildman–Crippen MR) is 162 cm³/mol. The lowest BCUT2D eigenvalue weighted by molar-refractivity contribution is -0.124. The highest BCUT2D eigenvalue weighted by atomic mass is 16.6. The third-order valence-electron chi connectivity index (χ3n) is 9.32. The molecule has 4 fully saturated rings. The lowest BCUT2D eigenvalue weighted by Crippen LogP contribution is -2.34. The van der Waals surface area contributed by atoms with Crippen molar-refractivity contribution in [3.63, 3.8) is 0 Å². The second-order valence-electron chi connectivity index (χ2n) is 12.1. The average Bonchev–Trinajstić information content (AvgIpc) is 3.90. The topological polar surface area (TPSA) is 140 Å². The van der Waals surface area contributed by atoms with E-state index in [0.717, 1.165) is 65.0 Å². The third-order valence-corrected chi connectivity index (χ3v) is 9.32. The van der Waals surface area contributed by atoms with Gasteiger partial charge in [0.05, 0.1) is 0 Å². The zero-order valence-electron chi connectivity index (χ0n) is 24.4. The lowest BCUT2D eigenvalue weighted by atomic mass is 9.92. The van der Waals surface area contributed by atoms with Crippen LogP contribution in [0.3, 0.4) is 0 Å². The minimum absolute atomic E-state index is 0.276. The summed E-state index contributed by atoms with van der Waals surface area (Å²) < 4.78 is 0. The molecule has 9 heteroatoms. The second-order valence-corrected chi connectivity index (χ2v) is 12.1. The second kappa shape index (κ2) is 15.2. The number of nitrogens with one attached hydrogen (secondary N) is 4. The van der Waals surface area contributed by atoms with Gasteiger partial charge in [0.1, 0.15) is 0 Å². The van der Waals surface area contributed by atoms with Gasteiger partial charge >= 0.3 is 6.16 Å². The van der Waals surface area contributed by atoms with Crippen molar-refractivity contribution in [3.05, 3.63) is 71.8 Å². The Labute approximate surface area is 248 Å². The molecule has 2 aromatic rings. The summed E-state index contributed by atoms with van der Waals surface area (Å²) in [6.07, 6.45) is 6.90. The van der Waals surface area contributed by atoms with Crippen molar-refractivity contribution < 1.29 is 24.6 Å². The van der Waals surface area contributed by atoms with Gasteiger partial charge in [-0.2, -0.15) is 0 Å². The molecule has 2 aliphatic heterocycles. The summed E-state index contributed by atoms with van der Waals surface area (Å²) in [5, 5.41) is 26.9. The quantitative estimate of drug-likeness (QED) is 0.281. The van der Waals surface area contributed by atoms with Crippen LogP contribution < -0.4 is 21.3 Å². The van der Waals surface area contributed by atoms with Gasteiger partial charge in [-0.3, -0.25) is 9.59 Å². The molecule has 2 amide bonds. The molecule has 0 bridgehead atoms. The minimum Gasteiger partial charge on any atom is -0.450 e. The Morgan fingerprint density at radius 2 is 0.976 bits per heavy atom. The number of carbonyl (C=O) groups is 3. The van der Waals surface area contributed by atoms with E-state index in [0.29, 0.717) is 10.8 Å². The molecule has 2 saturated carbocycles. The normalized spacial score (nSPS) is 22.4. The third kappa shape index (κ3) is 9.29. The summed E-state index contributed by atoms with van der Waals surface area (Å²) in [6, 6.07) is 20.7. The zero-order chi connectivity index (χ0) is 29.8. The number of hydrogen-bond donors (Lipinski definition) is 6. The molecule has 4 aliphatic rings. The first kappa shape index (κ1) is 31.5. The van der Waals surface area contributed by atoms with Gasteiger partial charge in [-0.15, -0.1) is 0 Å². The first-order chi connectivity index (χ1) is 20.3. The number of hydrogen-bond acceptors (Lipinski definition) is 5. The number of amides is 2. The Morgan fingerprint density at radius 3 is 1.31 bits per heavy atom. The van der Waals surface area contributed by atoms with E-state index in [9.17, 15) is 9.59 Å². The van der Waals surface area contributed by atoms with E-state index in [1.54, 1.807) is 0 Å². The largest absolute Gasteiger partial charge is 0.503 e. The van der Waals surface area contributed by atoms with Crippen molar-refractivity contribution >= 4 is 18.0 Å². The Kier molecular flexibility index (Phi) is 11.4. The Bertz CT molecular complexity index is 1060. The van der Waals surface area contributed by atoms with Crippen LogP contribution in [0.5, 0.6) is 0 Å². The van der Waals surface area contributed by atoms with Crippen molar-refractivity contribution in [2.75, 3.05) is 39.3 Å². The first-order valence-electron chi connectivity index (χ1n) is 15.3. The molecule has 9 nitrogen and oxygen atoms in total. The fourth-order valence-corrected chi connectivity index (χ4v) is 6.59. The Morgan fingerprint density at radius 1 is 0.643 bits per heavy atom. The average molecular weight is 579 g/mol. The fraction of sp³-hybridized carbons (Fsp3) is 0.545. The summed E-state index contributed by atoms with van der Waals surface area (Å²) >= 11 is 0. The van der Waals surface area contributed by atoms with Crippen LogP contribution in [0.4, 0.5) is 4.79 Å². The van der Waals surface area contributed by atoms with Crippen molar-refractivity contribution in [1.82, 2.24) is 21.3 Å². The summed E-state index contributed by atoms with van der Waals surface area (Å²) in [6.45, 7) is 5.82. The molecular formula is C33H46N4O5. The summed E-state index contributed by atoms with van der Waals surface area (Å²) in [5.74, 6) is 1.12. The molecule has 2 saturated heterocycles. The molecule has 2 aromatic carbocycles. The molecule has 0 aromatic heterocycles. The molecule has 0 radical (unpaired) electrons. The van der Waals surface area contributed by atoms with Crippen LogP contribution >= 0.6 is 0 Å². The van der Waals surface area contributed by atoms with Crippen LogP contribution in [-0.2, 0) is 22.4 Å². The maximum Gasteiger partial charge on any atom is 0.503 e. The van der Waals surface area contributed by atoms with Crippen molar-refractivity contribution in [2.45, 2.75) is 51.4 Å². The van der Waals surface area contributed by atoms with Crippen molar-refractivity contribution in [3.8, 4) is 0 Å². The van der Waals surface area contributed by atoms with Gasteiger partial charge in [0.25, 0.3) is 0 Å². The number of piperidine rings is 2. The zero-order valence-corrected chi connectivity index (χ0v) is 24.4. The molecule has 2 unspecified atom stereocenters. The van der Waals surface area contributed by atoms with Crippen LogP contribution in [-0.4, -0.2) is 67.5 Å². The molecule has 2 aliphatic carbocycles. The van der Waals surface area contributed by atoms with Crippen LogP contribution in [0.1, 0.15) is 49.7 Å². The van der Waals surface area contributed by atoms with E-state index in [4.69, 9.17) is 15.0 Å². The molecule has 6 rings (SSSR count). The number of carbonyl (C=O) groups excluding carboxylic acids is 2. The van der Waals surface area contributed by atoms with Gasteiger partial charge < -0.3 is 31.5 Å². The smallest absolute Gasteiger partial charge is 0.450 e. The summed E-state index contributed by atoms with van der Waals surface area (Å²) in [5.41, 5.74) is 3.27. The molecule has 2 heterocycles. The highest BCUT2D eigenvalue weighted by Gasteiger charge is 2.58. The van der Waals surface area contributed by atoms with Crippen molar-refractivity contribution in [1.29, 1.82) is 0 Å². The van der Waals surface area contributed by atoms with Gasteiger partial charge in [-0.25, -0.2) is 4.79 Å². The van der Waals surface area contributed by atoms with Crippen LogP contribution in [0.15, 0.2) is 60.7 Å². The first-order valence-corrected chi connectivity index (χ1v) is 15.3. The number of benzene rings is 2. The summed E-state index contributed by atoms with van der Waals surface area (Å²) in [4.78, 5) is 32.8. The molecule has 2 spiro atoms. The Balaban J connectivity index is 0.000000171. The lowest BCUT2D eigenvalue weighted by Gasteiger charge is -2.23. The highest BCUT2D eigenvalue weighted by molar-refractivity contribution is 5.83. The van der Waals surface area contributed by atoms with Gasteiger partial charge in [-0.1, -0.05) is 60.7 Å². The minimum atomic E-state index is -1.83. The molecular weight excluding hydrogens is 532 g/mol. The molecule has 42 heavy (non-hydrogen) atoms. The SMILES string of the molecule is O=C(NCCc1ccccc1)C1CC12CCNCC2.O=C(NCCc1ccccc1)C1CC12CCNCC2.O=C(O)O. The van der Waals surface area contributed by atoms with Crippen LogP contribution in [0, 0.1) is 22.7 Å². The van der Waals surface area contributed by atoms with E-state index < -0.39 is 6.16 Å². The fourth-order valence-electron chi connectivity index (χ4n) is 6.59. The van der Waals surface area contributed by atoms with E-state index >= 15 is 0 Å². The van der Waals surface area contributed by atoms with Crippen molar-refractivity contribution in [2.24, 2.45) is 22.7 Å². The van der Waals surface area contributed by atoms with Gasteiger partial charge in [-0.05, 0) is 99.5 Å². The van der Waals surface area contributed by atoms with E-state index in [1.807, 2.05) is 36.4 Å². The summed E-state index contributed by atoms with van der Waals surface area (Å²) in [7, 11) is 0. The monoisotopic (exact) mass is 578 g/mol. The van der Waals surface area contributed by atoms with Crippen LogP contribution in [0.2, 0.25) is 0 Å². The van der Waals surface area contributed by atoms with E-state index in [1.165, 1.54) is 36.8 Å². The van der Waals surface area contributed by atoms with Gasteiger partial charge in [0.15, 0.2) is 0 Å². The molecule has 2 atom stereocenters. The maximum absolute atomic E-state index is 12.1. The Hall–Kier alpha value is -3.43. The number of rotatable bonds is 8. The number of carboxylic acid groups (broad SMARTS) is 2. The van der Waals surface area contributed by atoms with Gasteiger partial charge in [0.2, 0.25) is 11.8 Å². The highest BCUT2D eigenvalue weighted by Crippen LogP contribution is 2.59. The van der Waals surface area contributed by atoms with E-state index in [2.05, 4.69) is 45.5 Å². The van der Waals surface area contributed by atoms with E-state index in [-0.39, 0.29) is 23.7 Å². The van der Waals surface area contributed by atoms with Gasteiger partial charge in [0, 0.05) is 24.9 Å². The maximum atomic E-state index is 12.1. The predicted octanol–water partition coefficient (Wildman–Crippen LogP) is 3.69. The standard InChI is InChI=1S/2C16H22N2O.CH2O3/c2*19-15(14-12-16(14)7-10-17-11-8-16)18-9-6-13-4-2-1-3-5-13;2-1(3)4/h2*1-5,14,17H,6-12H2,(H,18,19);(H2,2,3,4). The molecule has 6 N–H and O–H groups in total.